The number of carbonyl (C=O) groups is 1. The highest BCUT2D eigenvalue weighted by atomic mass is 19.4. The van der Waals surface area contributed by atoms with E-state index < -0.39 is 11.7 Å². The minimum absolute atomic E-state index is 0.00511. The van der Waals surface area contributed by atoms with E-state index in [1.807, 2.05) is 17.0 Å². The summed E-state index contributed by atoms with van der Waals surface area (Å²) in [6.45, 7) is 3.29. The van der Waals surface area contributed by atoms with Crippen molar-refractivity contribution >= 4 is 11.8 Å². The molecule has 0 N–H and O–H groups in total. The van der Waals surface area contributed by atoms with Gasteiger partial charge in [0.2, 0.25) is 0 Å². The van der Waals surface area contributed by atoms with Crippen LogP contribution in [0, 0.1) is 0 Å². The van der Waals surface area contributed by atoms with E-state index in [1.54, 1.807) is 13.0 Å². The van der Waals surface area contributed by atoms with E-state index >= 15 is 0 Å². The van der Waals surface area contributed by atoms with Crippen LogP contribution < -0.4 is 4.90 Å². The van der Waals surface area contributed by atoms with Crippen LogP contribution in [0.25, 0.3) is 0 Å². The van der Waals surface area contributed by atoms with Crippen LogP contribution in [0.5, 0.6) is 0 Å². The second kappa shape index (κ2) is 6.25. The summed E-state index contributed by atoms with van der Waals surface area (Å²) in [6, 6.07) is 8.10. The first-order valence-corrected chi connectivity index (χ1v) is 8.91. The van der Waals surface area contributed by atoms with Gasteiger partial charge in [-0.25, -0.2) is 9.78 Å². The van der Waals surface area contributed by atoms with Crippen molar-refractivity contribution in [1.82, 2.24) is 4.98 Å². The first-order chi connectivity index (χ1) is 12.8. The lowest BCUT2D eigenvalue weighted by molar-refractivity contribution is -0.137. The zero-order chi connectivity index (χ0) is 19.2. The number of aromatic nitrogens is 1. The summed E-state index contributed by atoms with van der Waals surface area (Å²) in [5.41, 5.74) is 1.97. The van der Waals surface area contributed by atoms with Gasteiger partial charge < -0.3 is 9.64 Å². The number of hydrogen-bond donors (Lipinski definition) is 0. The van der Waals surface area contributed by atoms with Gasteiger partial charge in [0, 0.05) is 24.7 Å². The molecule has 1 aromatic carbocycles. The van der Waals surface area contributed by atoms with Crippen molar-refractivity contribution in [2.24, 2.45) is 0 Å². The Morgan fingerprint density at radius 3 is 2.63 bits per heavy atom. The molecule has 27 heavy (non-hydrogen) atoms. The second-order valence-corrected chi connectivity index (χ2v) is 7.13. The first kappa shape index (κ1) is 17.8. The van der Waals surface area contributed by atoms with Crippen LogP contribution in [0.3, 0.4) is 0 Å². The van der Waals surface area contributed by atoms with Crippen LogP contribution >= 0.6 is 0 Å². The molecule has 2 heterocycles. The molecular formula is C20H19F3N2O2. The van der Waals surface area contributed by atoms with Gasteiger partial charge in [-0.05, 0) is 55.2 Å². The summed E-state index contributed by atoms with van der Waals surface area (Å²) < 4.78 is 43.4. The molecule has 4 nitrogen and oxygen atoms in total. The van der Waals surface area contributed by atoms with Crippen molar-refractivity contribution in [3.05, 3.63) is 58.8 Å². The van der Waals surface area contributed by atoms with Crippen LogP contribution in [-0.2, 0) is 22.9 Å². The maximum Gasteiger partial charge on any atom is 0.417 e. The van der Waals surface area contributed by atoms with Crippen molar-refractivity contribution in [2.45, 2.75) is 37.9 Å². The van der Waals surface area contributed by atoms with E-state index in [0.717, 1.165) is 37.2 Å². The topological polar surface area (TPSA) is 42.4 Å². The van der Waals surface area contributed by atoms with Gasteiger partial charge in [0.15, 0.2) is 0 Å². The molecular weight excluding hydrogens is 357 g/mol. The smallest absolute Gasteiger partial charge is 0.417 e. The van der Waals surface area contributed by atoms with Gasteiger partial charge in [0.05, 0.1) is 17.7 Å². The molecule has 0 unspecified atom stereocenters. The Hall–Kier alpha value is -2.57. The number of esters is 1. The fraction of sp³-hybridized carbons (Fsp3) is 0.400. The third-order valence-corrected chi connectivity index (χ3v) is 5.30. The van der Waals surface area contributed by atoms with Crippen molar-refractivity contribution in [1.29, 1.82) is 0 Å². The van der Waals surface area contributed by atoms with E-state index in [4.69, 9.17) is 4.74 Å². The second-order valence-electron chi connectivity index (χ2n) is 7.13. The number of hydrogen-bond acceptors (Lipinski definition) is 4. The Labute approximate surface area is 155 Å². The van der Waals surface area contributed by atoms with Gasteiger partial charge in [-0.3, -0.25) is 0 Å². The zero-order valence-electron chi connectivity index (χ0n) is 14.8. The summed E-state index contributed by atoms with van der Waals surface area (Å²) in [5, 5.41) is 0. The number of halogens is 3. The highest BCUT2D eigenvalue weighted by Gasteiger charge is 2.49. The molecule has 0 saturated heterocycles. The standard InChI is InChI=1S/C20H19F3N2O2/c1-2-27-18(26)13-3-5-16-14(9-13)11-25(12-19(16)7-8-19)17-6-4-15(10-24-17)20(21,22)23/h3-6,9-10H,2,7-8,11-12H2,1H3. The Bertz CT molecular complexity index is 874. The van der Waals surface area contributed by atoms with Gasteiger partial charge in [-0.15, -0.1) is 0 Å². The molecule has 0 radical (unpaired) electrons. The minimum atomic E-state index is -4.40. The number of carbonyl (C=O) groups excluding carboxylic acids is 1. The maximum atomic E-state index is 12.8. The average Bonchev–Trinajstić information content (AvgIpc) is 3.40. The summed E-state index contributed by atoms with van der Waals surface area (Å²) in [6.07, 6.45) is -1.47. The summed E-state index contributed by atoms with van der Waals surface area (Å²) >= 11 is 0. The van der Waals surface area contributed by atoms with Crippen molar-refractivity contribution in [3.63, 3.8) is 0 Å². The number of ether oxygens (including phenoxy) is 1. The van der Waals surface area contributed by atoms with Crippen molar-refractivity contribution < 1.29 is 22.7 Å². The summed E-state index contributed by atoms with van der Waals surface area (Å²) in [7, 11) is 0. The molecule has 4 rings (SSSR count). The molecule has 142 valence electrons. The Morgan fingerprint density at radius 2 is 2.04 bits per heavy atom. The number of anilines is 1. The quantitative estimate of drug-likeness (QED) is 0.748. The molecule has 0 atom stereocenters. The van der Waals surface area contributed by atoms with Gasteiger partial charge in [-0.1, -0.05) is 6.07 Å². The lowest BCUT2D eigenvalue weighted by Gasteiger charge is -2.36. The molecule has 0 bridgehead atoms. The van der Waals surface area contributed by atoms with Gasteiger partial charge in [0.25, 0.3) is 0 Å². The van der Waals surface area contributed by atoms with Crippen molar-refractivity contribution in [3.8, 4) is 0 Å². The predicted octanol–water partition coefficient (Wildman–Crippen LogP) is 4.33. The molecule has 1 aliphatic heterocycles. The lowest BCUT2D eigenvalue weighted by atomic mass is 9.86. The highest BCUT2D eigenvalue weighted by molar-refractivity contribution is 5.89. The normalized spacial score (nSPS) is 17.6. The Kier molecular flexibility index (Phi) is 4.13. The fourth-order valence-electron chi connectivity index (χ4n) is 3.78. The maximum absolute atomic E-state index is 12.8. The molecule has 1 spiro atoms. The Morgan fingerprint density at radius 1 is 1.26 bits per heavy atom. The number of rotatable bonds is 3. The zero-order valence-corrected chi connectivity index (χ0v) is 14.8. The molecule has 2 aliphatic rings. The van der Waals surface area contributed by atoms with Crippen LogP contribution in [0.15, 0.2) is 36.5 Å². The van der Waals surface area contributed by atoms with E-state index in [-0.39, 0.29) is 11.4 Å². The Balaban J connectivity index is 1.64. The summed E-state index contributed by atoms with van der Waals surface area (Å²) in [4.78, 5) is 18.1. The van der Waals surface area contributed by atoms with E-state index in [1.165, 1.54) is 11.6 Å². The highest BCUT2D eigenvalue weighted by Crippen LogP contribution is 2.53. The van der Waals surface area contributed by atoms with E-state index in [2.05, 4.69) is 4.98 Å². The number of pyridine rings is 1. The molecule has 0 amide bonds. The molecule has 1 fully saturated rings. The molecule has 1 saturated carbocycles. The van der Waals surface area contributed by atoms with Crippen LogP contribution in [0.4, 0.5) is 19.0 Å². The van der Waals surface area contributed by atoms with Crippen LogP contribution in [0.2, 0.25) is 0 Å². The van der Waals surface area contributed by atoms with E-state index in [0.29, 0.717) is 24.5 Å². The van der Waals surface area contributed by atoms with Gasteiger partial charge >= 0.3 is 12.1 Å². The SMILES string of the molecule is CCOC(=O)c1ccc2c(c1)CN(c1ccc(C(F)(F)F)cn1)CC21CC1. The third kappa shape index (κ3) is 3.26. The monoisotopic (exact) mass is 376 g/mol. The molecule has 7 heteroatoms. The predicted molar refractivity (Wildman–Crippen MR) is 93.6 cm³/mol. The van der Waals surface area contributed by atoms with Gasteiger partial charge in [-0.2, -0.15) is 13.2 Å². The summed E-state index contributed by atoms with van der Waals surface area (Å²) in [5.74, 6) is 0.149. The van der Waals surface area contributed by atoms with E-state index in [9.17, 15) is 18.0 Å². The fourth-order valence-corrected chi connectivity index (χ4v) is 3.78. The van der Waals surface area contributed by atoms with Crippen LogP contribution in [0.1, 0.15) is 46.8 Å². The van der Waals surface area contributed by atoms with Gasteiger partial charge in [0.1, 0.15) is 5.82 Å². The third-order valence-electron chi connectivity index (χ3n) is 5.30. The molecule has 1 aromatic heterocycles. The number of benzene rings is 1. The molecule has 1 aliphatic carbocycles. The number of nitrogens with zero attached hydrogens (tertiary/aromatic N) is 2. The molecule has 2 aromatic rings. The first-order valence-electron chi connectivity index (χ1n) is 8.91. The average molecular weight is 376 g/mol. The minimum Gasteiger partial charge on any atom is -0.462 e. The number of alkyl halides is 3. The lowest BCUT2D eigenvalue weighted by Crippen LogP contribution is -2.38. The number of fused-ring (bicyclic) bond motifs is 2. The largest absolute Gasteiger partial charge is 0.462 e. The van der Waals surface area contributed by atoms with Crippen molar-refractivity contribution in [2.75, 3.05) is 18.1 Å². The van der Waals surface area contributed by atoms with Crippen LogP contribution in [-0.4, -0.2) is 24.1 Å².